The Hall–Kier alpha value is -1.65. The highest BCUT2D eigenvalue weighted by Gasteiger charge is 2.29. The zero-order chi connectivity index (χ0) is 14.0. The van der Waals surface area contributed by atoms with Gasteiger partial charge in [0.2, 0.25) is 5.91 Å². The van der Waals surface area contributed by atoms with Crippen LogP contribution in [0.4, 0.5) is 5.82 Å². The molecule has 1 aromatic heterocycles. The predicted octanol–water partition coefficient (Wildman–Crippen LogP) is 1.48. The highest BCUT2D eigenvalue weighted by atomic mass is 16.2. The number of hydrogen-bond acceptors (Lipinski definition) is 4. The van der Waals surface area contributed by atoms with Crippen molar-refractivity contribution in [2.45, 2.75) is 27.7 Å². The Labute approximate surface area is 114 Å². The summed E-state index contributed by atoms with van der Waals surface area (Å²) in [5, 5.41) is 0. The number of hydrogen-bond donors (Lipinski definition) is 0. The summed E-state index contributed by atoms with van der Waals surface area (Å²) in [7, 11) is 0. The summed E-state index contributed by atoms with van der Waals surface area (Å²) in [6, 6.07) is 1.99. The van der Waals surface area contributed by atoms with Gasteiger partial charge in [-0.3, -0.25) is 4.79 Å². The third-order valence-corrected chi connectivity index (χ3v) is 3.32. The second kappa shape index (κ2) is 5.15. The van der Waals surface area contributed by atoms with Gasteiger partial charge in [-0.2, -0.15) is 0 Å². The molecule has 5 heteroatoms. The summed E-state index contributed by atoms with van der Waals surface area (Å²) in [4.78, 5) is 24.8. The van der Waals surface area contributed by atoms with Gasteiger partial charge in [-0.05, 0) is 6.92 Å². The average molecular weight is 262 g/mol. The molecule has 2 rings (SSSR count). The number of carbonyl (C=O) groups is 1. The van der Waals surface area contributed by atoms with Gasteiger partial charge in [0, 0.05) is 43.4 Å². The van der Waals surface area contributed by atoms with E-state index in [4.69, 9.17) is 0 Å². The number of aryl methyl sites for hydroxylation is 1. The van der Waals surface area contributed by atoms with Crippen molar-refractivity contribution < 1.29 is 4.79 Å². The summed E-state index contributed by atoms with van der Waals surface area (Å²) in [5.74, 6) is 1.18. The maximum absolute atomic E-state index is 12.2. The molecule has 2 heterocycles. The minimum atomic E-state index is -0.298. The molecule has 0 aromatic carbocycles. The highest BCUT2D eigenvalue weighted by Crippen LogP contribution is 2.20. The molecule has 1 aliphatic heterocycles. The topological polar surface area (TPSA) is 49.3 Å². The van der Waals surface area contributed by atoms with Crippen LogP contribution >= 0.6 is 0 Å². The van der Waals surface area contributed by atoms with Crippen LogP contribution in [0, 0.1) is 12.3 Å². The molecule has 0 unspecified atom stereocenters. The number of piperazine rings is 1. The molecule has 0 saturated carbocycles. The van der Waals surface area contributed by atoms with E-state index in [-0.39, 0.29) is 11.3 Å². The van der Waals surface area contributed by atoms with Gasteiger partial charge in [-0.1, -0.05) is 20.8 Å². The maximum atomic E-state index is 12.2. The summed E-state index contributed by atoms with van der Waals surface area (Å²) in [6.45, 7) is 11.1. The fourth-order valence-corrected chi connectivity index (χ4v) is 2.23. The monoisotopic (exact) mass is 262 g/mol. The molecule has 1 aliphatic rings. The van der Waals surface area contributed by atoms with Crippen molar-refractivity contribution in [1.82, 2.24) is 14.9 Å². The number of nitrogens with zero attached hydrogens (tertiary/aromatic N) is 4. The van der Waals surface area contributed by atoms with Crippen LogP contribution < -0.4 is 4.90 Å². The van der Waals surface area contributed by atoms with Crippen molar-refractivity contribution in [2.24, 2.45) is 5.41 Å². The average Bonchev–Trinajstić information content (AvgIpc) is 2.37. The molecule has 0 spiro atoms. The second-order valence-corrected chi connectivity index (χ2v) is 6.05. The van der Waals surface area contributed by atoms with Crippen LogP contribution in [0.2, 0.25) is 0 Å². The fraction of sp³-hybridized carbons (Fsp3) is 0.643. The Bertz CT molecular complexity index is 459. The van der Waals surface area contributed by atoms with Gasteiger partial charge in [-0.25, -0.2) is 9.97 Å². The minimum absolute atomic E-state index is 0.228. The lowest BCUT2D eigenvalue weighted by atomic mass is 9.94. The van der Waals surface area contributed by atoms with Crippen molar-refractivity contribution >= 4 is 11.7 Å². The van der Waals surface area contributed by atoms with E-state index < -0.39 is 0 Å². The van der Waals surface area contributed by atoms with Gasteiger partial charge in [-0.15, -0.1) is 0 Å². The predicted molar refractivity (Wildman–Crippen MR) is 75.0 cm³/mol. The van der Waals surface area contributed by atoms with E-state index in [1.807, 2.05) is 38.7 Å². The largest absolute Gasteiger partial charge is 0.353 e. The third kappa shape index (κ3) is 3.22. The lowest BCUT2D eigenvalue weighted by Gasteiger charge is -2.38. The number of rotatable bonds is 1. The molecule has 19 heavy (non-hydrogen) atoms. The molecule has 1 fully saturated rings. The zero-order valence-corrected chi connectivity index (χ0v) is 12.2. The van der Waals surface area contributed by atoms with E-state index in [1.165, 1.54) is 0 Å². The lowest BCUT2D eigenvalue weighted by Crippen LogP contribution is -2.51. The van der Waals surface area contributed by atoms with E-state index in [0.717, 1.165) is 37.7 Å². The third-order valence-electron chi connectivity index (χ3n) is 3.32. The van der Waals surface area contributed by atoms with Crippen LogP contribution in [-0.2, 0) is 4.79 Å². The molecule has 0 N–H and O–H groups in total. The van der Waals surface area contributed by atoms with Crippen LogP contribution in [0.1, 0.15) is 26.5 Å². The summed E-state index contributed by atoms with van der Waals surface area (Å²) in [6.07, 6.45) is 1.59. The van der Waals surface area contributed by atoms with Crippen LogP contribution in [0.5, 0.6) is 0 Å². The van der Waals surface area contributed by atoms with Crippen LogP contribution in [0.25, 0.3) is 0 Å². The normalized spacial score (nSPS) is 16.6. The Balaban J connectivity index is 1.98. The number of aromatic nitrogens is 2. The SMILES string of the molecule is Cc1cc(N2CCN(C(=O)C(C)(C)C)CC2)ncn1. The van der Waals surface area contributed by atoms with E-state index in [1.54, 1.807) is 6.33 Å². The van der Waals surface area contributed by atoms with Gasteiger partial charge in [0.25, 0.3) is 0 Å². The summed E-state index contributed by atoms with van der Waals surface area (Å²) in [5.41, 5.74) is 0.673. The standard InChI is InChI=1S/C14H22N4O/c1-11-9-12(16-10-15-11)17-5-7-18(8-6-17)13(19)14(2,3)4/h9-10H,5-8H2,1-4H3. The Morgan fingerprint density at radius 3 is 2.32 bits per heavy atom. The van der Waals surface area contributed by atoms with Crippen molar-refractivity contribution in [1.29, 1.82) is 0 Å². The number of carbonyl (C=O) groups excluding carboxylic acids is 1. The molecule has 1 aromatic rings. The van der Waals surface area contributed by atoms with Gasteiger partial charge in [0.1, 0.15) is 12.1 Å². The summed E-state index contributed by atoms with van der Waals surface area (Å²) >= 11 is 0. The van der Waals surface area contributed by atoms with Gasteiger partial charge in [0.15, 0.2) is 0 Å². The molecule has 1 saturated heterocycles. The molecule has 1 amide bonds. The first-order valence-corrected chi connectivity index (χ1v) is 6.71. The molecule has 104 valence electrons. The van der Waals surface area contributed by atoms with Crippen LogP contribution in [0.3, 0.4) is 0 Å². The zero-order valence-electron chi connectivity index (χ0n) is 12.2. The van der Waals surface area contributed by atoms with Gasteiger partial charge < -0.3 is 9.80 Å². The van der Waals surface area contributed by atoms with Gasteiger partial charge >= 0.3 is 0 Å². The quantitative estimate of drug-likeness (QED) is 0.769. The van der Waals surface area contributed by atoms with Gasteiger partial charge in [0.05, 0.1) is 0 Å². The number of amides is 1. The van der Waals surface area contributed by atoms with Crippen molar-refractivity contribution in [3.63, 3.8) is 0 Å². The van der Waals surface area contributed by atoms with Crippen LogP contribution in [0.15, 0.2) is 12.4 Å². The molecule has 0 atom stereocenters. The second-order valence-electron chi connectivity index (χ2n) is 6.05. The maximum Gasteiger partial charge on any atom is 0.228 e. The molecule has 0 radical (unpaired) electrons. The lowest BCUT2D eigenvalue weighted by molar-refractivity contribution is -0.139. The Kier molecular flexibility index (Phi) is 3.73. The van der Waals surface area contributed by atoms with E-state index in [9.17, 15) is 4.79 Å². The summed E-state index contributed by atoms with van der Waals surface area (Å²) < 4.78 is 0. The van der Waals surface area contributed by atoms with E-state index in [2.05, 4.69) is 14.9 Å². The number of anilines is 1. The smallest absolute Gasteiger partial charge is 0.228 e. The molecule has 0 aliphatic carbocycles. The van der Waals surface area contributed by atoms with Crippen molar-refractivity contribution in [3.05, 3.63) is 18.1 Å². The fourth-order valence-electron chi connectivity index (χ4n) is 2.23. The molecular weight excluding hydrogens is 240 g/mol. The first-order chi connectivity index (χ1) is 8.88. The van der Waals surface area contributed by atoms with Crippen molar-refractivity contribution in [3.8, 4) is 0 Å². The first-order valence-electron chi connectivity index (χ1n) is 6.71. The van der Waals surface area contributed by atoms with E-state index in [0.29, 0.717) is 0 Å². The van der Waals surface area contributed by atoms with Crippen LogP contribution in [-0.4, -0.2) is 47.0 Å². The molecule has 0 bridgehead atoms. The Morgan fingerprint density at radius 1 is 1.16 bits per heavy atom. The van der Waals surface area contributed by atoms with Crippen molar-refractivity contribution in [2.75, 3.05) is 31.1 Å². The molecular formula is C14H22N4O. The minimum Gasteiger partial charge on any atom is -0.353 e. The highest BCUT2D eigenvalue weighted by molar-refractivity contribution is 5.81. The van der Waals surface area contributed by atoms with E-state index >= 15 is 0 Å². The first kappa shape index (κ1) is 13.8. The molecule has 5 nitrogen and oxygen atoms in total. The Morgan fingerprint density at radius 2 is 1.79 bits per heavy atom.